The summed E-state index contributed by atoms with van der Waals surface area (Å²) in [6, 6.07) is 7.52. The number of carbonyl (C=O) groups excluding carboxylic acids is 1. The lowest BCUT2D eigenvalue weighted by Gasteiger charge is -2.44. The molecule has 0 atom stereocenters. The number of anilines is 1. The number of nitrogens with zero attached hydrogens (tertiary/aromatic N) is 3. The Morgan fingerprint density at radius 3 is 2.58 bits per heavy atom. The molecule has 6 heteroatoms. The summed E-state index contributed by atoms with van der Waals surface area (Å²) >= 11 is 5.99. The topological polar surface area (TPSA) is 50.2 Å². The molecule has 1 N–H and O–H groups in total. The highest BCUT2D eigenvalue weighted by Gasteiger charge is 2.41. The molecule has 5 nitrogen and oxygen atoms in total. The first-order valence-electron chi connectivity index (χ1n) is 8.40. The van der Waals surface area contributed by atoms with E-state index in [9.17, 15) is 4.79 Å². The van der Waals surface area contributed by atoms with Crippen LogP contribution in [0.5, 0.6) is 0 Å². The Kier molecular flexibility index (Phi) is 3.85. The molecule has 0 unspecified atom stereocenters. The van der Waals surface area contributed by atoms with Gasteiger partial charge in [0.15, 0.2) is 6.29 Å². The number of fused-ring (bicyclic) bond motifs is 2. The molecule has 3 heterocycles. The van der Waals surface area contributed by atoms with E-state index in [1.807, 2.05) is 24.3 Å². The van der Waals surface area contributed by atoms with Crippen molar-refractivity contribution < 1.29 is 4.79 Å². The van der Waals surface area contributed by atoms with Gasteiger partial charge < -0.3 is 10.2 Å². The van der Waals surface area contributed by atoms with Crippen LogP contribution >= 0.6 is 11.6 Å². The van der Waals surface area contributed by atoms with Crippen LogP contribution in [0, 0.1) is 0 Å². The average Bonchev–Trinajstić information content (AvgIpc) is 2.98. The van der Waals surface area contributed by atoms with E-state index in [0.717, 1.165) is 62.3 Å². The summed E-state index contributed by atoms with van der Waals surface area (Å²) in [6.07, 6.45) is 4.11. The van der Waals surface area contributed by atoms with Crippen LogP contribution in [0.4, 0.5) is 5.82 Å². The minimum absolute atomic E-state index is 0.0233. The average molecular weight is 345 g/mol. The summed E-state index contributed by atoms with van der Waals surface area (Å²) < 4.78 is 2.09. The Hall–Kier alpha value is -1.85. The highest BCUT2D eigenvalue weighted by Crippen LogP contribution is 2.41. The van der Waals surface area contributed by atoms with E-state index in [-0.39, 0.29) is 5.54 Å². The minimum atomic E-state index is 0.0233. The number of halogens is 1. The maximum Gasteiger partial charge on any atom is 0.156 e. The van der Waals surface area contributed by atoms with Crippen molar-refractivity contribution in [2.24, 2.45) is 0 Å². The standard InChI is InChI=1S/C18H21ClN4O/c1-22-10-7-18(8-11-22)6-9-20-17-15(12-24)16(21-23(17)18)13-2-4-14(19)5-3-13/h2-5,12,20H,6-11H2,1H3. The van der Waals surface area contributed by atoms with Gasteiger partial charge >= 0.3 is 0 Å². The second-order valence-corrected chi connectivity index (χ2v) is 7.29. The smallest absolute Gasteiger partial charge is 0.156 e. The van der Waals surface area contributed by atoms with Crippen LogP contribution in [0.25, 0.3) is 11.3 Å². The quantitative estimate of drug-likeness (QED) is 0.850. The second kappa shape index (κ2) is 5.90. The van der Waals surface area contributed by atoms with E-state index in [1.165, 1.54) is 0 Å². The van der Waals surface area contributed by atoms with Crippen LogP contribution in [-0.4, -0.2) is 47.6 Å². The van der Waals surface area contributed by atoms with Crippen LogP contribution in [0.2, 0.25) is 5.02 Å². The molecule has 2 aromatic rings. The summed E-state index contributed by atoms with van der Waals surface area (Å²) in [6.45, 7) is 3.01. The van der Waals surface area contributed by atoms with Crippen molar-refractivity contribution in [3.63, 3.8) is 0 Å². The van der Waals surface area contributed by atoms with E-state index in [0.29, 0.717) is 10.6 Å². The number of hydrogen-bond acceptors (Lipinski definition) is 4. The van der Waals surface area contributed by atoms with Gasteiger partial charge in [-0.25, -0.2) is 4.68 Å². The van der Waals surface area contributed by atoms with Crippen molar-refractivity contribution in [1.29, 1.82) is 0 Å². The zero-order valence-electron chi connectivity index (χ0n) is 13.8. The van der Waals surface area contributed by atoms with Crippen LogP contribution in [0.1, 0.15) is 29.6 Å². The molecule has 0 aliphatic carbocycles. The number of likely N-dealkylation sites (tertiary alicyclic amines) is 1. The molecule has 1 fully saturated rings. The predicted octanol–water partition coefficient (Wildman–Crippen LogP) is 3.25. The van der Waals surface area contributed by atoms with E-state index < -0.39 is 0 Å². The van der Waals surface area contributed by atoms with Crippen molar-refractivity contribution in [3.8, 4) is 11.3 Å². The van der Waals surface area contributed by atoms with E-state index >= 15 is 0 Å². The van der Waals surface area contributed by atoms with Crippen molar-refractivity contribution in [1.82, 2.24) is 14.7 Å². The van der Waals surface area contributed by atoms with Crippen LogP contribution in [0.3, 0.4) is 0 Å². The van der Waals surface area contributed by atoms with Gasteiger partial charge in [0.1, 0.15) is 11.5 Å². The first kappa shape index (κ1) is 15.7. The van der Waals surface area contributed by atoms with Gasteiger partial charge in [-0.3, -0.25) is 4.79 Å². The Labute approximate surface area is 146 Å². The van der Waals surface area contributed by atoms with Crippen molar-refractivity contribution in [3.05, 3.63) is 34.9 Å². The Balaban J connectivity index is 1.83. The summed E-state index contributed by atoms with van der Waals surface area (Å²) in [5, 5.41) is 8.96. The van der Waals surface area contributed by atoms with Crippen LogP contribution < -0.4 is 5.32 Å². The highest BCUT2D eigenvalue weighted by molar-refractivity contribution is 6.30. The third-order valence-electron chi connectivity index (χ3n) is 5.41. The molecule has 0 radical (unpaired) electrons. The maximum absolute atomic E-state index is 11.8. The monoisotopic (exact) mass is 344 g/mol. The summed E-state index contributed by atoms with van der Waals surface area (Å²) in [5.41, 5.74) is 2.34. The van der Waals surface area contributed by atoms with Gasteiger partial charge in [0.2, 0.25) is 0 Å². The molecule has 0 amide bonds. The number of nitrogens with one attached hydrogen (secondary N) is 1. The molecule has 4 rings (SSSR count). The van der Waals surface area contributed by atoms with E-state index in [2.05, 4.69) is 21.9 Å². The molecular weight excluding hydrogens is 324 g/mol. The van der Waals surface area contributed by atoms with Crippen LogP contribution in [0.15, 0.2) is 24.3 Å². The third-order valence-corrected chi connectivity index (χ3v) is 5.66. The Morgan fingerprint density at radius 2 is 1.92 bits per heavy atom. The molecule has 24 heavy (non-hydrogen) atoms. The van der Waals surface area contributed by atoms with Crippen LogP contribution in [-0.2, 0) is 5.54 Å². The van der Waals surface area contributed by atoms with Crippen molar-refractivity contribution in [2.45, 2.75) is 24.8 Å². The summed E-state index contributed by atoms with van der Waals surface area (Å²) in [7, 11) is 2.16. The molecule has 1 aromatic carbocycles. The highest BCUT2D eigenvalue weighted by atomic mass is 35.5. The number of aldehydes is 1. The minimum Gasteiger partial charge on any atom is -0.370 e. The fourth-order valence-corrected chi connectivity index (χ4v) is 4.02. The molecule has 0 bridgehead atoms. The number of piperidine rings is 1. The number of rotatable bonds is 2. The van der Waals surface area contributed by atoms with Crippen molar-refractivity contribution in [2.75, 3.05) is 32.0 Å². The SMILES string of the molecule is CN1CCC2(CCNc3c(C=O)c(-c4ccc(Cl)cc4)nn32)CC1. The molecule has 1 aromatic heterocycles. The summed E-state index contributed by atoms with van der Waals surface area (Å²) in [5.74, 6) is 0.866. The first-order valence-corrected chi connectivity index (χ1v) is 8.78. The number of hydrogen-bond donors (Lipinski definition) is 1. The molecule has 2 aliphatic heterocycles. The van der Waals surface area contributed by atoms with Gasteiger partial charge in [-0.15, -0.1) is 0 Å². The van der Waals surface area contributed by atoms with E-state index in [1.54, 1.807) is 0 Å². The number of benzene rings is 1. The lowest BCUT2D eigenvalue weighted by molar-refractivity contribution is 0.106. The lowest BCUT2D eigenvalue weighted by atomic mass is 9.83. The van der Waals surface area contributed by atoms with Gasteiger partial charge in [0.05, 0.1) is 11.1 Å². The largest absolute Gasteiger partial charge is 0.370 e. The fourth-order valence-electron chi connectivity index (χ4n) is 3.89. The first-order chi connectivity index (χ1) is 11.6. The molecular formula is C18H21ClN4O. The Bertz CT molecular complexity index is 760. The lowest BCUT2D eigenvalue weighted by Crippen LogP contribution is -2.48. The number of carbonyl (C=O) groups is 1. The van der Waals surface area contributed by atoms with Crippen molar-refractivity contribution >= 4 is 23.7 Å². The number of aromatic nitrogens is 2. The Morgan fingerprint density at radius 1 is 1.21 bits per heavy atom. The molecule has 126 valence electrons. The fraction of sp³-hybridized carbons (Fsp3) is 0.444. The third kappa shape index (κ3) is 2.43. The zero-order valence-corrected chi connectivity index (χ0v) is 14.5. The van der Waals surface area contributed by atoms with Gasteiger partial charge in [0.25, 0.3) is 0 Å². The zero-order chi connectivity index (χ0) is 16.7. The van der Waals surface area contributed by atoms with E-state index in [4.69, 9.17) is 16.7 Å². The van der Waals surface area contributed by atoms with Gasteiger partial charge in [-0.2, -0.15) is 5.10 Å². The van der Waals surface area contributed by atoms with Gasteiger partial charge in [-0.1, -0.05) is 23.7 Å². The second-order valence-electron chi connectivity index (χ2n) is 6.85. The van der Waals surface area contributed by atoms with Gasteiger partial charge in [-0.05, 0) is 38.4 Å². The molecule has 2 aliphatic rings. The van der Waals surface area contributed by atoms with Gasteiger partial charge in [0, 0.05) is 30.2 Å². The normalized spacial score (nSPS) is 19.8. The maximum atomic E-state index is 11.8. The molecule has 0 saturated carbocycles. The molecule has 1 spiro atoms. The summed E-state index contributed by atoms with van der Waals surface area (Å²) in [4.78, 5) is 14.2. The molecule has 1 saturated heterocycles. The predicted molar refractivity (Wildman–Crippen MR) is 95.9 cm³/mol.